The molecule has 0 bridgehead atoms. The first-order chi connectivity index (χ1) is 8.70. The van der Waals surface area contributed by atoms with E-state index in [1.807, 2.05) is 0 Å². The smallest absolute Gasteiger partial charge is 0.252 e. The van der Waals surface area contributed by atoms with Crippen LogP contribution in [-0.2, 0) is 0 Å². The fourth-order valence-corrected chi connectivity index (χ4v) is 2.48. The van der Waals surface area contributed by atoms with Crippen LogP contribution in [0, 0.1) is 5.92 Å². The number of carbonyl (C=O) groups excluding carboxylic acids is 1. The van der Waals surface area contributed by atoms with E-state index in [1.165, 1.54) is 24.8 Å². The number of aromatic amines is 1. The number of rotatable bonds is 3. The minimum Gasteiger partial charge on any atom is -0.349 e. The SMILES string of the molecule is NCC1CCCCC1NC(=O)c1ccc(=O)[nH]c1. The lowest BCUT2D eigenvalue weighted by Gasteiger charge is -2.31. The number of hydrogen-bond donors (Lipinski definition) is 3. The lowest BCUT2D eigenvalue weighted by atomic mass is 9.84. The molecule has 0 radical (unpaired) electrons. The van der Waals surface area contributed by atoms with Gasteiger partial charge in [-0.2, -0.15) is 0 Å². The van der Waals surface area contributed by atoms with Crippen LogP contribution in [0.3, 0.4) is 0 Å². The molecule has 0 spiro atoms. The monoisotopic (exact) mass is 249 g/mol. The predicted octanol–water partition coefficient (Wildman–Crippen LogP) is 0.622. The van der Waals surface area contributed by atoms with Crippen LogP contribution in [-0.4, -0.2) is 23.5 Å². The second kappa shape index (κ2) is 5.82. The number of amides is 1. The second-order valence-electron chi connectivity index (χ2n) is 4.80. The third kappa shape index (κ3) is 2.98. The number of hydrogen-bond acceptors (Lipinski definition) is 3. The molecule has 98 valence electrons. The summed E-state index contributed by atoms with van der Waals surface area (Å²) >= 11 is 0. The van der Waals surface area contributed by atoms with Crippen LogP contribution >= 0.6 is 0 Å². The molecule has 1 amide bonds. The Bertz CT molecular complexity index is 449. The van der Waals surface area contributed by atoms with E-state index < -0.39 is 0 Å². The summed E-state index contributed by atoms with van der Waals surface area (Å²) in [5.74, 6) is 0.224. The molecule has 5 heteroatoms. The third-order valence-electron chi connectivity index (χ3n) is 3.57. The van der Waals surface area contributed by atoms with Gasteiger partial charge >= 0.3 is 0 Å². The molecule has 1 aliphatic carbocycles. The number of aromatic nitrogens is 1. The van der Waals surface area contributed by atoms with Gasteiger partial charge in [0.2, 0.25) is 5.56 Å². The van der Waals surface area contributed by atoms with Crippen molar-refractivity contribution in [1.82, 2.24) is 10.3 Å². The molecule has 1 fully saturated rings. The molecule has 2 unspecified atom stereocenters. The van der Waals surface area contributed by atoms with E-state index in [1.54, 1.807) is 0 Å². The summed E-state index contributed by atoms with van der Waals surface area (Å²) in [6.07, 6.45) is 5.82. The highest BCUT2D eigenvalue weighted by atomic mass is 16.2. The topological polar surface area (TPSA) is 88.0 Å². The number of pyridine rings is 1. The lowest BCUT2D eigenvalue weighted by Crippen LogP contribution is -2.44. The van der Waals surface area contributed by atoms with Crippen molar-refractivity contribution in [3.05, 3.63) is 34.2 Å². The Morgan fingerprint density at radius 1 is 1.39 bits per heavy atom. The van der Waals surface area contributed by atoms with Gasteiger partial charge in [0.25, 0.3) is 5.91 Å². The van der Waals surface area contributed by atoms with Gasteiger partial charge in [0.1, 0.15) is 0 Å². The Morgan fingerprint density at radius 3 is 2.83 bits per heavy atom. The number of H-pyrrole nitrogens is 1. The minimum absolute atomic E-state index is 0.142. The minimum atomic E-state index is -0.205. The van der Waals surface area contributed by atoms with Crippen molar-refractivity contribution in [3.63, 3.8) is 0 Å². The van der Waals surface area contributed by atoms with Crippen molar-refractivity contribution in [2.75, 3.05) is 6.54 Å². The van der Waals surface area contributed by atoms with Crippen molar-refractivity contribution in [1.29, 1.82) is 0 Å². The standard InChI is InChI=1S/C13H19N3O2/c14-7-9-3-1-2-4-11(9)16-13(18)10-5-6-12(17)15-8-10/h5-6,8-9,11H,1-4,7,14H2,(H,15,17)(H,16,18). The van der Waals surface area contributed by atoms with Crippen LogP contribution < -0.4 is 16.6 Å². The molecule has 0 aliphatic heterocycles. The molecule has 0 saturated heterocycles. The molecular formula is C13H19N3O2. The van der Waals surface area contributed by atoms with E-state index in [0.717, 1.165) is 19.3 Å². The summed E-state index contributed by atoms with van der Waals surface area (Å²) in [6.45, 7) is 0.608. The highest BCUT2D eigenvalue weighted by Crippen LogP contribution is 2.23. The maximum Gasteiger partial charge on any atom is 0.252 e. The fourth-order valence-electron chi connectivity index (χ4n) is 2.48. The van der Waals surface area contributed by atoms with Gasteiger partial charge in [-0.1, -0.05) is 12.8 Å². The van der Waals surface area contributed by atoms with Crippen LogP contribution in [0.25, 0.3) is 0 Å². The van der Waals surface area contributed by atoms with E-state index in [0.29, 0.717) is 18.0 Å². The molecule has 5 nitrogen and oxygen atoms in total. The Balaban J connectivity index is 2.01. The summed E-state index contributed by atoms with van der Waals surface area (Å²) in [4.78, 5) is 25.4. The lowest BCUT2D eigenvalue weighted by molar-refractivity contribution is 0.0907. The van der Waals surface area contributed by atoms with Crippen molar-refractivity contribution in [2.45, 2.75) is 31.7 Å². The van der Waals surface area contributed by atoms with E-state index >= 15 is 0 Å². The van der Waals surface area contributed by atoms with Crippen LogP contribution in [0.5, 0.6) is 0 Å². The zero-order valence-electron chi connectivity index (χ0n) is 10.3. The summed E-state index contributed by atoms with van der Waals surface area (Å²) in [5, 5.41) is 3.01. The molecule has 0 aromatic carbocycles. The van der Waals surface area contributed by atoms with Crippen LogP contribution in [0.1, 0.15) is 36.0 Å². The first-order valence-corrected chi connectivity index (χ1v) is 6.40. The van der Waals surface area contributed by atoms with E-state index in [-0.39, 0.29) is 17.5 Å². The summed E-state index contributed by atoms with van der Waals surface area (Å²) in [7, 11) is 0. The zero-order chi connectivity index (χ0) is 13.0. The number of nitrogens with two attached hydrogens (primary N) is 1. The van der Waals surface area contributed by atoms with Crippen molar-refractivity contribution < 1.29 is 4.79 Å². The highest BCUT2D eigenvalue weighted by molar-refractivity contribution is 5.94. The molecule has 1 saturated carbocycles. The van der Waals surface area contributed by atoms with Gasteiger partial charge in [0.15, 0.2) is 0 Å². The van der Waals surface area contributed by atoms with Gasteiger partial charge in [-0.25, -0.2) is 0 Å². The first-order valence-electron chi connectivity index (χ1n) is 6.40. The van der Waals surface area contributed by atoms with Gasteiger partial charge in [-0.15, -0.1) is 0 Å². The van der Waals surface area contributed by atoms with Gasteiger partial charge in [0.05, 0.1) is 5.56 Å². The molecule has 1 aromatic heterocycles. The van der Waals surface area contributed by atoms with E-state index in [9.17, 15) is 9.59 Å². The Morgan fingerprint density at radius 2 is 2.17 bits per heavy atom. The number of carbonyl (C=O) groups is 1. The Labute approximate surface area is 106 Å². The Kier molecular flexibility index (Phi) is 4.15. The molecule has 1 aliphatic rings. The van der Waals surface area contributed by atoms with Gasteiger partial charge in [-0.05, 0) is 31.4 Å². The maximum absolute atomic E-state index is 12.0. The van der Waals surface area contributed by atoms with Crippen molar-refractivity contribution in [3.8, 4) is 0 Å². The molecule has 1 aromatic rings. The molecule has 4 N–H and O–H groups in total. The first kappa shape index (κ1) is 12.8. The molecule has 18 heavy (non-hydrogen) atoms. The average molecular weight is 249 g/mol. The number of nitrogens with one attached hydrogen (secondary N) is 2. The van der Waals surface area contributed by atoms with Crippen molar-refractivity contribution in [2.24, 2.45) is 11.7 Å². The second-order valence-corrected chi connectivity index (χ2v) is 4.80. The normalized spacial score (nSPS) is 23.6. The average Bonchev–Trinajstić information content (AvgIpc) is 2.40. The van der Waals surface area contributed by atoms with E-state index in [2.05, 4.69) is 10.3 Å². The summed E-state index contributed by atoms with van der Waals surface area (Å²) < 4.78 is 0. The maximum atomic E-state index is 12.0. The predicted molar refractivity (Wildman–Crippen MR) is 69.3 cm³/mol. The van der Waals surface area contributed by atoms with Crippen molar-refractivity contribution >= 4 is 5.91 Å². The molecule has 2 rings (SSSR count). The largest absolute Gasteiger partial charge is 0.349 e. The van der Waals surface area contributed by atoms with Gasteiger partial charge in [-0.3, -0.25) is 9.59 Å². The Hall–Kier alpha value is -1.62. The van der Waals surface area contributed by atoms with Crippen LogP contribution in [0.4, 0.5) is 0 Å². The molecule has 2 atom stereocenters. The summed E-state index contributed by atoms with van der Waals surface area (Å²) in [5.41, 5.74) is 6.01. The van der Waals surface area contributed by atoms with Crippen LogP contribution in [0.15, 0.2) is 23.1 Å². The highest BCUT2D eigenvalue weighted by Gasteiger charge is 2.25. The van der Waals surface area contributed by atoms with E-state index in [4.69, 9.17) is 5.73 Å². The van der Waals surface area contributed by atoms with Gasteiger partial charge < -0.3 is 16.0 Å². The molecule has 1 heterocycles. The molecular weight excluding hydrogens is 230 g/mol. The third-order valence-corrected chi connectivity index (χ3v) is 3.57. The quantitative estimate of drug-likeness (QED) is 0.734. The van der Waals surface area contributed by atoms with Crippen LogP contribution in [0.2, 0.25) is 0 Å². The zero-order valence-corrected chi connectivity index (χ0v) is 10.3. The fraction of sp³-hybridized carbons (Fsp3) is 0.538. The summed E-state index contributed by atoms with van der Waals surface area (Å²) in [6, 6.07) is 3.05. The van der Waals surface area contributed by atoms with Gasteiger partial charge in [0, 0.05) is 18.3 Å².